The molecule has 0 fully saturated rings. The Kier molecular flexibility index (Phi) is 17.0. The summed E-state index contributed by atoms with van der Waals surface area (Å²) in [4.78, 5) is 0. The first-order chi connectivity index (χ1) is 17.4. The lowest BCUT2D eigenvalue weighted by Gasteiger charge is -2.17. The molecule has 0 nitrogen and oxygen atoms in total. The quantitative estimate of drug-likeness (QED) is 0.170. The molecule has 0 atom stereocenters. The van der Waals surface area contributed by atoms with Gasteiger partial charge in [0.15, 0.2) is 0 Å². The molecule has 0 unspecified atom stereocenters. The van der Waals surface area contributed by atoms with Crippen LogP contribution in [-0.4, -0.2) is 130 Å². The zero-order chi connectivity index (χ0) is 30.2. The van der Waals surface area contributed by atoms with Crippen molar-refractivity contribution in [1.82, 2.24) is 0 Å². The van der Waals surface area contributed by atoms with E-state index in [1.54, 1.807) is 0 Å². The standard InChI is InChI=1S/B19F19/c20-1-3(22)5(24)7(26)9(28)11(30)13(32)15(34)17(36)19(38)18(37)16(35)14(33)12(31)10(29)8(27)6(25)4(23)2-21. The van der Waals surface area contributed by atoms with Crippen molar-refractivity contribution >= 4 is 130 Å². The van der Waals surface area contributed by atoms with Crippen molar-refractivity contribution in [3.8, 4) is 0 Å². The molecule has 0 amide bonds. The fourth-order valence-corrected chi connectivity index (χ4v) is 2.77. The summed E-state index contributed by atoms with van der Waals surface area (Å²) in [6, 6.07) is 0. The number of hydrogen-bond donors (Lipinski definition) is 0. The second kappa shape index (κ2) is 17.0. The van der Waals surface area contributed by atoms with E-state index in [2.05, 4.69) is 0 Å². The summed E-state index contributed by atoms with van der Waals surface area (Å²) in [6.07, 6.45) is 0. The van der Waals surface area contributed by atoms with E-state index in [4.69, 9.17) is 0 Å². The lowest BCUT2D eigenvalue weighted by atomic mass is 8.74. The minimum Gasteiger partial charge on any atom is -0.350 e. The van der Waals surface area contributed by atoms with Crippen molar-refractivity contribution in [3.63, 3.8) is 0 Å². The minimum absolute atomic E-state index is 1.18. The third kappa shape index (κ3) is 9.49. The molecule has 0 N–H and O–H groups in total. The number of halogens is 19. The second-order valence-corrected chi connectivity index (χ2v) is 7.81. The molecular weight excluding hydrogens is 566 g/mol. The van der Waals surface area contributed by atoms with E-state index in [0.717, 1.165) is 0 Å². The zero-order valence-corrected chi connectivity index (χ0v) is 18.2. The molecule has 190 valence electrons. The highest BCUT2D eigenvalue weighted by Crippen LogP contribution is 2.19. The fourth-order valence-electron chi connectivity index (χ4n) is 2.77. The summed E-state index contributed by atoms with van der Waals surface area (Å²) in [6.45, 7) is -70.8. The molecule has 0 bridgehead atoms. The molecule has 0 spiro atoms. The number of hydrogen-bond acceptors (Lipinski definition) is 0. The Morgan fingerprint density at radius 1 is 0.211 bits per heavy atom. The molecule has 0 saturated carbocycles. The lowest BCUT2D eigenvalue weighted by Crippen LogP contribution is -2.68. The van der Waals surface area contributed by atoms with Crippen LogP contribution in [0.2, 0.25) is 0 Å². The van der Waals surface area contributed by atoms with Gasteiger partial charge < -0.3 is 82.0 Å². The summed E-state index contributed by atoms with van der Waals surface area (Å²) in [7, 11) is -2.37. The van der Waals surface area contributed by atoms with E-state index in [1.807, 2.05) is 0 Å². The lowest BCUT2D eigenvalue weighted by molar-refractivity contribution is 0.775. The van der Waals surface area contributed by atoms with Gasteiger partial charge in [0.1, 0.15) is 0 Å². The van der Waals surface area contributed by atoms with Crippen molar-refractivity contribution in [3.05, 3.63) is 0 Å². The molecule has 0 aliphatic heterocycles. The Hall–Kier alpha value is -0.0962. The highest BCUT2D eigenvalue weighted by Gasteiger charge is 2.68. The molecular formula is B19F19. The molecule has 2 radical (unpaired) electrons. The van der Waals surface area contributed by atoms with Crippen LogP contribution in [0.4, 0.5) is 82.0 Å². The Balaban J connectivity index is 5.35. The van der Waals surface area contributed by atoms with E-state index >= 15 is 0 Å². The molecule has 0 aromatic heterocycles. The minimum atomic E-state index is -4.45. The molecule has 0 aliphatic rings. The Morgan fingerprint density at radius 2 is 0.316 bits per heavy atom. The molecule has 0 saturated heterocycles. The van der Waals surface area contributed by atoms with Gasteiger partial charge in [-0.05, 0) is 0 Å². The zero-order valence-electron chi connectivity index (χ0n) is 18.2. The maximum atomic E-state index is 13.8. The van der Waals surface area contributed by atoms with E-state index in [9.17, 15) is 82.0 Å². The Labute approximate surface area is 212 Å². The maximum absolute atomic E-state index is 13.8. The molecule has 38 heavy (non-hydrogen) atoms. The van der Waals surface area contributed by atoms with Crippen LogP contribution in [0.1, 0.15) is 0 Å². The van der Waals surface area contributed by atoms with Crippen molar-refractivity contribution in [2.45, 2.75) is 0 Å². The number of rotatable bonds is 18. The van der Waals surface area contributed by atoms with Gasteiger partial charge in [-0.2, -0.15) is 0 Å². The maximum Gasteiger partial charge on any atom is 0.350 e. The highest BCUT2D eigenvalue weighted by atomic mass is 19.2. The normalized spacial score (nSPS) is 9.97. The summed E-state index contributed by atoms with van der Waals surface area (Å²) >= 11 is 0. The van der Waals surface area contributed by atoms with Crippen LogP contribution in [0.25, 0.3) is 0 Å². The van der Waals surface area contributed by atoms with E-state index in [1.165, 1.54) is 0 Å². The van der Waals surface area contributed by atoms with Crippen LogP contribution in [0, 0.1) is 0 Å². The second-order valence-electron chi connectivity index (χ2n) is 7.81. The van der Waals surface area contributed by atoms with Gasteiger partial charge in [0, 0.05) is 0 Å². The van der Waals surface area contributed by atoms with E-state index in [0.29, 0.717) is 0 Å². The summed E-state index contributed by atoms with van der Waals surface area (Å²) < 4.78 is 252. The molecule has 0 aromatic carbocycles. The largest absolute Gasteiger partial charge is 0.350 e. The first-order valence-electron chi connectivity index (χ1n) is 10.1. The fraction of sp³-hybridized carbons (Fsp3) is 0. The average Bonchev–Trinajstić information content (AvgIpc) is 2.93. The van der Waals surface area contributed by atoms with Gasteiger partial charge >= 0.3 is 130 Å². The topological polar surface area (TPSA) is 0 Å². The highest BCUT2D eigenvalue weighted by molar-refractivity contribution is 7.90. The van der Waals surface area contributed by atoms with Gasteiger partial charge in [0.05, 0.1) is 0 Å². The van der Waals surface area contributed by atoms with Crippen LogP contribution in [0.3, 0.4) is 0 Å². The molecule has 0 rings (SSSR count). The van der Waals surface area contributed by atoms with Gasteiger partial charge in [-0.1, -0.05) is 0 Å². The monoisotopic (exact) mass is 570 g/mol. The van der Waals surface area contributed by atoms with Crippen LogP contribution >= 0.6 is 0 Å². The van der Waals surface area contributed by atoms with Gasteiger partial charge in [-0.15, -0.1) is 0 Å². The van der Waals surface area contributed by atoms with Crippen molar-refractivity contribution in [1.29, 1.82) is 0 Å². The van der Waals surface area contributed by atoms with Crippen LogP contribution in [0.15, 0.2) is 0 Å². The Morgan fingerprint density at radius 3 is 0.421 bits per heavy atom. The van der Waals surface area contributed by atoms with Gasteiger partial charge in [0.2, 0.25) is 0 Å². The molecule has 38 heteroatoms. The van der Waals surface area contributed by atoms with Crippen molar-refractivity contribution < 1.29 is 82.0 Å². The summed E-state index contributed by atoms with van der Waals surface area (Å²) in [5, 5.41) is 0. The molecule has 0 heterocycles. The van der Waals surface area contributed by atoms with E-state index < -0.39 is 130 Å². The summed E-state index contributed by atoms with van der Waals surface area (Å²) in [5.74, 6) is 0. The molecule has 0 aromatic rings. The average molecular weight is 566 g/mol. The van der Waals surface area contributed by atoms with Gasteiger partial charge in [-0.25, -0.2) is 0 Å². The molecule has 0 aliphatic carbocycles. The first-order valence-corrected chi connectivity index (χ1v) is 10.1. The SMILES string of the molecule is F[B]B(F)B(F)B(F)B(F)B(F)B(F)B(F)B(F)B(F)B(F)B(F)B(F)B(F)B(F)B(F)B(F)B(F)[B]F. The predicted molar refractivity (Wildman–Crippen MR) is 130 cm³/mol. The Bertz CT molecular complexity index is 593. The predicted octanol–water partition coefficient (Wildman–Crippen LogP) is 0.749. The first kappa shape index (κ1) is 37.9. The van der Waals surface area contributed by atoms with Crippen LogP contribution in [-0.2, 0) is 0 Å². The van der Waals surface area contributed by atoms with E-state index in [-0.39, 0.29) is 0 Å². The van der Waals surface area contributed by atoms with Crippen molar-refractivity contribution in [2.24, 2.45) is 0 Å². The van der Waals surface area contributed by atoms with Gasteiger partial charge in [0.25, 0.3) is 0 Å². The van der Waals surface area contributed by atoms with Crippen LogP contribution < -0.4 is 0 Å². The van der Waals surface area contributed by atoms with Crippen molar-refractivity contribution in [2.75, 3.05) is 0 Å². The third-order valence-corrected chi connectivity index (χ3v) is 5.11. The van der Waals surface area contributed by atoms with Crippen LogP contribution in [0.5, 0.6) is 0 Å². The van der Waals surface area contributed by atoms with Gasteiger partial charge in [-0.3, -0.25) is 0 Å². The smallest absolute Gasteiger partial charge is 0.350 e. The summed E-state index contributed by atoms with van der Waals surface area (Å²) in [5.41, 5.74) is 0. The third-order valence-electron chi connectivity index (χ3n) is 5.11.